The Hall–Kier alpha value is -4.27. The summed E-state index contributed by atoms with van der Waals surface area (Å²) in [7, 11) is 1.44. The zero-order valence-electron chi connectivity index (χ0n) is 20.2. The number of nitrogens with one attached hydrogen (secondary N) is 1. The smallest absolute Gasteiger partial charge is 0.335 e. The monoisotopic (exact) mass is 552 g/mol. The van der Waals surface area contributed by atoms with Crippen LogP contribution in [0.25, 0.3) is 6.08 Å². The fourth-order valence-electron chi connectivity index (χ4n) is 3.60. The number of benzene rings is 3. The van der Waals surface area contributed by atoms with E-state index in [9.17, 15) is 14.4 Å². The van der Waals surface area contributed by atoms with E-state index >= 15 is 0 Å². The van der Waals surface area contributed by atoms with E-state index in [1.165, 1.54) is 19.3 Å². The number of nitrogens with zero attached hydrogens (tertiary/aromatic N) is 1. The van der Waals surface area contributed by atoms with Crippen molar-refractivity contribution in [3.8, 4) is 17.2 Å². The number of hydrogen-bond donors (Lipinski definition) is 1. The molecule has 3 aromatic rings. The average Bonchev–Trinajstić information content (AvgIpc) is 2.90. The minimum Gasteiger partial charge on any atom is -0.493 e. The lowest BCUT2D eigenvalue weighted by molar-refractivity contribution is -0.122. The number of methoxy groups -OCH3 is 1. The molecule has 0 aromatic heterocycles. The van der Waals surface area contributed by atoms with Gasteiger partial charge in [-0.05, 0) is 65.7 Å². The van der Waals surface area contributed by atoms with Crippen molar-refractivity contribution < 1.29 is 28.6 Å². The summed E-state index contributed by atoms with van der Waals surface area (Å²) in [5.74, 6) is -0.499. The van der Waals surface area contributed by atoms with Gasteiger partial charge in [-0.1, -0.05) is 48.0 Å². The summed E-state index contributed by atoms with van der Waals surface area (Å²) in [5.41, 5.74) is 1.32. The quantitative estimate of drug-likeness (QED) is 0.204. The van der Waals surface area contributed by atoms with Crippen LogP contribution in [0.2, 0.25) is 10.0 Å². The van der Waals surface area contributed by atoms with Gasteiger partial charge in [-0.15, -0.1) is 0 Å². The Balaban J connectivity index is 1.55. The molecular weight excluding hydrogens is 531 g/mol. The lowest BCUT2D eigenvalue weighted by atomic mass is 10.1. The first-order valence-corrected chi connectivity index (χ1v) is 12.1. The zero-order valence-corrected chi connectivity index (χ0v) is 21.7. The van der Waals surface area contributed by atoms with Gasteiger partial charge in [0, 0.05) is 5.02 Å². The maximum absolute atomic E-state index is 13.3. The molecule has 0 atom stereocenters. The molecule has 4 rings (SSSR count). The number of carbonyl (C=O) groups excluding carboxylic acids is 3. The molecule has 1 aliphatic rings. The molecule has 8 nitrogen and oxygen atoms in total. The molecule has 1 aliphatic heterocycles. The number of hydrogen-bond acceptors (Lipinski definition) is 6. The maximum Gasteiger partial charge on any atom is 0.335 e. The van der Waals surface area contributed by atoms with Crippen LogP contribution in [0.1, 0.15) is 11.1 Å². The second-order valence-corrected chi connectivity index (χ2v) is 8.84. The third-order valence-electron chi connectivity index (χ3n) is 5.42. The molecule has 0 unspecified atom stereocenters. The lowest BCUT2D eigenvalue weighted by Crippen LogP contribution is -2.54. The van der Waals surface area contributed by atoms with Crippen LogP contribution in [-0.4, -0.2) is 31.6 Å². The van der Waals surface area contributed by atoms with Crippen molar-refractivity contribution >= 4 is 52.8 Å². The Morgan fingerprint density at radius 2 is 1.68 bits per heavy atom. The van der Waals surface area contributed by atoms with Gasteiger partial charge in [0.25, 0.3) is 11.8 Å². The van der Waals surface area contributed by atoms with Crippen molar-refractivity contribution in [1.29, 1.82) is 0 Å². The van der Waals surface area contributed by atoms with Gasteiger partial charge in [0.15, 0.2) is 11.5 Å². The summed E-state index contributed by atoms with van der Waals surface area (Å²) in [5, 5.41) is 3.04. The first-order valence-electron chi connectivity index (χ1n) is 11.3. The number of carbonyl (C=O) groups is 3. The largest absolute Gasteiger partial charge is 0.493 e. The van der Waals surface area contributed by atoms with Crippen LogP contribution in [0.3, 0.4) is 0 Å². The molecule has 0 radical (unpaired) electrons. The Morgan fingerprint density at radius 3 is 2.34 bits per heavy atom. The number of urea groups is 1. The highest BCUT2D eigenvalue weighted by Crippen LogP contribution is 2.37. The fraction of sp³-hybridized carbons (Fsp3) is 0.107. The van der Waals surface area contributed by atoms with Crippen molar-refractivity contribution in [3.63, 3.8) is 0 Å². The number of anilines is 1. The Bertz CT molecular complexity index is 1420. The highest BCUT2D eigenvalue weighted by atomic mass is 35.5. The van der Waals surface area contributed by atoms with E-state index in [0.717, 1.165) is 10.5 Å². The number of halogens is 2. The van der Waals surface area contributed by atoms with Gasteiger partial charge in [0.05, 0.1) is 17.8 Å². The van der Waals surface area contributed by atoms with Crippen LogP contribution in [-0.2, 0) is 16.2 Å². The van der Waals surface area contributed by atoms with E-state index in [1.807, 2.05) is 12.1 Å². The molecule has 0 bridgehead atoms. The van der Waals surface area contributed by atoms with E-state index in [-0.39, 0.29) is 22.9 Å². The zero-order chi connectivity index (χ0) is 27.2. The molecule has 0 aliphatic carbocycles. The molecule has 1 heterocycles. The third-order valence-corrected chi connectivity index (χ3v) is 5.96. The van der Waals surface area contributed by atoms with Gasteiger partial charge in [-0.3, -0.25) is 14.9 Å². The van der Waals surface area contributed by atoms with Crippen molar-refractivity contribution in [2.75, 3.05) is 18.6 Å². The summed E-state index contributed by atoms with van der Waals surface area (Å²) in [6, 6.07) is 15.8. The van der Waals surface area contributed by atoms with Crippen LogP contribution in [0, 0.1) is 0 Å². The lowest BCUT2D eigenvalue weighted by Gasteiger charge is -2.26. The second kappa shape index (κ2) is 11.9. The molecule has 194 valence electrons. The maximum atomic E-state index is 13.3. The van der Waals surface area contributed by atoms with E-state index in [4.69, 9.17) is 37.4 Å². The van der Waals surface area contributed by atoms with E-state index in [2.05, 4.69) is 11.9 Å². The minimum atomic E-state index is -0.865. The molecule has 3 aromatic carbocycles. The van der Waals surface area contributed by atoms with Gasteiger partial charge >= 0.3 is 6.03 Å². The Kier molecular flexibility index (Phi) is 8.35. The molecule has 1 N–H and O–H groups in total. The number of barbiturate groups is 1. The van der Waals surface area contributed by atoms with Gasteiger partial charge < -0.3 is 14.2 Å². The first kappa shape index (κ1) is 26.8. The molecule has 0 spiro atoms. The van der Waals surface area contributed by atoms with Gasteiger partial charge in [0.1, 0.15) is 24.5 Å². The number of ether oxygens (including phenoxy) is 3. The highest BCUT2D eigenvalue weighted by molar-refractivity contribution is 6.39. The summed E-state index contributed by atoms with van der Waals surface area (Å²) in [6.07, 6.45) is 2.88. The third kappa shape index (κ3) is 5.99. The van der Waals surface area contributed by atoms with Crippen LogP contribution in [0.15, 0.2) is 78.9 Å². The minimum absolute atomic E-state index is 0.208. The van der Waals surface area contributed by atoms with Crippen molar-refractivity contribution in [2.24, 2.45) is 0 Å². The normalized spacial score (nSPS) is 14.3. The molecule has 1 fully saturated rings. The molecule has 1 saturated heterocycles. The van der Waals surface area contributed by atoms with Gasteiger partial charge in [-0.2, -0.15) is 0 Å². The molecule has 10 heteroatoms. The topological polar surface area (TPSA) is 94.2 Å². The molecule has 38 heavy (non-hydrogen) atoms. The second-order valence-electron chi connectivity index (χ2n) is 8.00. The molecule has 0 saturated carbocycles. The van der Waals surface area contributed by atoms with Crippen LogP contribution < -0.4 is 24.4 Å². The van der Waals surface area contributed by atoms with Gasteiger partial charge in [0.2, 0.25) is 0 Å². The Morgan fingerprint density at radius 1 is 0.974 bits per heavy atom. The van der Waals surface area contributed by atoms with E-state index < -0.39 is 17.8 Å². The van der Waals surface area contributed by atoms with Crippen molar-refractivity contribution in [2.45, 2.75) is 6.61 Å². The number of rotatable bonds is 9. The summed E-state index contributed by atoms with van der Waals surface area (Å²) in [4.78, 5) is 39.3. The standard InChI is InChI=1S/C28H22Cl2N2O6/c1-3-12-37-25-23(30)14-18(15-24(25)36-2)13-22-26(33)31-28(35)32(27(22)34)20-8-10-21(11-9-20)38-16-17-4-6-19(29)7-5-17/h3-11,13-15H,1,12,16H2,2H3,(H,31,33,35)/b22-13+. The van der Waals surface area contributed by atoms with Crippen molar-refractivity contribution in [1.82, 2.24) is 5.32 Å². The first-order chi connectivity index (χ1) is 18.3. The summed E-state index contributed by atoms with van der Waals surface area (Å²) >= 11 is 12.2. The SMILES string of the molecule is C=CCOc1c(Cl)cc(/C=C2\C(=O)NC(=O)N(c3ccc(OCc4ccc(Cl)cc4)cc3)C2=O)cc1OC. The van der Waals surface area contributed by atoms with Gasteiger partial charge in [-0.25, -0.2) is 9.69 Å². The summed E-state index contributed by atoms with van der Waals surface area (Å²) < 4.78 is 16.6. The average molecular weight is 553 g/mol. The van der Waals surface area contributed by atoms with E-state index in [0.29, 0.717) is 34.4 Å². The van der Waals surface area contributed by atoms with Crippen LogP contribution >= 0.6 is 23.2 Å². The number of imide groups is 2. The van der Waals surface area contributed by atoms with Crippen molar-refractivity contribution in [3.05, 3.63) is 100 Å². The van der Waals surface area contributed by atoms with E-state index in [1.54, 1.807) is 48.5 Å². The Labute approximate surface area is 229 Å². The van der Waals surface area contributed by atoms with Crippen LogP contribution in [0.5, 0.6) is 17.2 Å². The van der Waals surface area contributed by atoms with Crippen LogP contribution in [0.4, 0.5) is 10.5 Å². The predicted octanol–water partition coefficient (Wildman–Crippen LogP) is 5.81. The summed E-state index contributed by atoms with van der Waals surface area (Å²) in [6.45, 7) is 4.11. The number of amides is 4. The molecular formula is C28H22Cl2N2O6. The predicted molar refractivity (Wildman–Crippen MR) is 145 cm³/mol. The highest BCUT2D eigenvalue weighted by Gasteiger charge is 2.37. The fourth-order valence-corrected chi connectivity index (χ4v) is 4.00. The molecule has 4 amide bonds.